The fourth-order valence-corrected chi connectivity index (χ4v) is 4.85. The summed E-state index contributed by atoms with van der Waals surface area (Å²) < 4.78 is 14.5. The van der Waals surface area contributed by atoms with Crippen molar-refractivity contribution in [3.8, 4) is 11.1 Å². The lowest BCUT2D eigenvalue weighted by molar-refractivity contribution is 0.631. The summed E-state index contributed by atoms with van der Waals surface area (Å²) in [5, 5.41) is 3.62. The summed E-state index contributed by atoms with van der Waals surface area (Å²) in [5.74, 6) is 1.84. The Kier molecular flexibility index (Phi) is 5.77. The van der Waals surface area contributed by atoms with Crippen molar-refractivity contribution in [2.75, 3.05) is 16.8 Å². The minimum absolute atomic E-state index is 0.177. The summed E-state index contributed by atoms with van der Waals surface area (Å²) in [5.41, 5.74) is 6.30. The fourth-order valence-electron chi connectivity index (χ4n) is 3.87. The zero-order valence-corrected chi connectivity index (χ0v) is 17.7. The third-order valence-corrected chi connectivity index (χ3v) is 6.20. The van der Waals surface area contributed by atoms with Crippen molar-refractivity contribution in [3.05, 3.63) is 95.8 Å². The molecule has 3 aromatic rings. The molecule has 0 aliphatic carbocycles. The van der Waals surface area contributed by atoms with E-state index in [1.54, 1.807) is 6.07 Å². The molecule has 0 unspecified atom stereocenters. The zero-order valence-electron chi connectivity index (χ0n) is 16.9. The Morgan fingerprint density at radius 3 is 2.31 bits per heavy atom. The van der Waals surface area contributed by atoms with E-state index in [0.29, 0.717) is 5.56 Å². The molecule has 0 fully saturated rings. The lowest BCUT2D eigenvalue weighted by atomic mass is 9.88. The second-order valence-electron chi connectivity index (χ2n) is 8.01. The number of thioether (sulfide) groups is 1. The van der Waals surface area contributed by atoms with Crippen LogP contribution in [0, 0.1) is 5.82 Å². The zero-order chi connectivity index (χ0) is 20.3. The predicted octanol–water partition coefficient (Wildman–Crippen LogP) is 7.06. The van der Waals surface area contributed by atoms with Gasteiger partial charge in [-0.1, -0.05) is 72.8 Å². The number of hydrogen-bond donors (Lipinski definition) is 1. The highest BCUT2D eigenvalue weighted by atomic mass is 32.2. The second kappa shape index (κ2) is 8.46. The number of anilines is 1. The summed E-state index contributed by atoms with van der Waals surface area (Å²) in [6.45, 7) is 4.34. The third-order valence-electron chi connectivity index (χ3n) is 5.19. The maximum Gasteiger partial charge on any atom is 0.131 e. The average molecular weight is 404 g/mol. The molecular formula is C26H26FNS. The van der Waals surface area contributed by atoms with Gasteiger partial charge in [-0.05, 0) is 43.2 Å². The second-order valence-corrected chi connectivity index (χ2v) is 9.12. The molecule has 0 saturated heterocycles. The van der Waals surface area contributed by atoms with E-state index >= 15 is 0 Å². The number of para-hydroxylation sites is 1. The Bertz CT molecular complexity index is 1020. The maximum atomic E-state index is 14.5. The highest BCUT2D eigenvalue weighted by Crippen LogP contribution is 2.42. The van der Waals surface area contributed by atoms with Gasteiger partial charge in [0.05, 0.1) is 11.2 Å². The number of halogens is 1. The van der Waals surface area contributed by atoms with Crippen LogP contribution in [0.3, 0.4) is 0 Å². The number of aryl methyl sites for hydroxylation is 1. The molecule has 3 heteroatoms. The normalized spacial score (nSPS) is 14.7. The monoisotopic (exact) mass is 403 g/mol. The number of fused-ring (bicyclic) bond motifs is 1. The average Bonchev–Trinajstić information content (AvgIpc) is 2.71. The van der Waals surface area contributed by atoms with Gasteiger partial charge in [0.15, 0.2) is 0 Å². The summed E-state index contributed by atoms with van der Waals surface area (Å²) >= 11 is 1.95. The van der Waals surface area contributed by atoms with E-state index in [0.717, 1.165) is 29.2 Å². The van der Waals surface area contributed by atoms with Crippen LogP contribution in [0.2, 0.25) is 0 Å². The topological polar surface area (TPSA) is 12.0 Å². The Labute approximate surface area is 177 Å². The van der Waals surface area contributed by atoms with Gasteiger partial charge in [-0.25, -0.2) is 4.39 Å². The van der Waals surface area contributed by atoms with Gasteiger partial charge in [0, 0.05) is 22.4 Å². The number of hydrogen-bond acceptors (Lipinski definition) is 2. The number of rotatable bonds is 6. The van der Waals surface area contributed by atoms with Crippen LogP contribution in [-0.4, -0.2) is 17.0 Å². The summed E-state index contributed by atoms with van der Waals surface area (Å²) in [4.78, 5) is 0. The van der Waals surface area contributed by atoms with Gasteiger partial charge >= 0.3 is 0 Å². The number of benzene rings is 3. The van der Waals surface area contributed by atoms with Crippen molar-refractivity contribution in [2.24, 2.45) is 0 Å². The molecule has 0 radical (unpaired) electrons. The van der Waals surface area contributed by atoms with Gasteiger partial charge in [-0.3, -0.25) is 0 Å². The SMILES string of the molecule is CC1(C)C=C(CSCCc2ccccc2)c2cccc(-c3ccccc3F)c2N1. The third kappa shape index (κ3) is 4.56. The van der Waals surface area contributed by atoms with Crippen LogP contribution in [0.25, 0.3) is 16.7 Å². The minimum Gasteiger partial charge on any atom is -0.376 e. The van der Waals surface area contributed by atoms with Gasteiger partial charge in [0.2, 0.25) is 0 Å². The van der Waals surface area contributed by atoms with E-state index in [-0.39, 0.29) is 11.4 Å². The van der Waals surface area contributed by atoms with E-state index in [9.17, 15) is 4.39 Å². The van der Waals surface area contributed by atoms with Crippen LogP contribution >= 0.6 is 11.8 Å². The molecule has 1 N–H and O–H groups in total. The van der Waals surface area contributed by atoms with Crippen molar-refractivity contribution < 1.29 is 4.39 Å². The van der Waals surface area contributed by atoms with Crippen LogP contribution in [0.15, 0.2) is 78.9 Å². The van der Waals surface area contributed by atoms with E-state index in [4.69, 9.17) is 0 Å². The number of nitrogens with one attached hydrogen (secondary N) is 1. The van der Waals surface area contributed by atoms with Crippen molar-refractivity contribution in [3.63, 3.8) is 0 Å². The van der Waals surface area contributed by atoms with E-state index in [2.05, 4.69) is 61.6 Å². The summed E-state index contributed by atoms with van der Waals surface area (Å²) in [6, 6.07) is 23.8. The first-order valence-corrected chi connectivity index (χ1v) is 11.2. The quantitative estimate of drug-likeness (QED) is 0.442. The summed E-state index contributed by atoms with van der Waals surface area (Å²) in [7, 11) is 0. The molecule has 0 aromatic heterocycles. The highest BCUT2D eigenvalue weighted by molar-refractivity contribution is 7.99. The van der Waals surface area contributed by atoms with Crippen LogP contribution in [-0.2, 0) is 6.42 Å². The largest absolute Gasteiger partial charge is 0.376 e. The van der Waals surface area contributed by atoms with Crippen molar-refractivity contribution >= 4 is 23.0 Å². The molecule has 0 bridgehead atoms. The Balaban J connectivity index is 1.58. The van der Waals surface area contributed by atoms with Crippen LogP contribution in [0.5, 0.6) is 0 Å². The molecule has 1 aliphatic heterocycles. The van der Waals surface area contributed by atoms with E-state index < -0.39 is 0 Å². The van der Waals surface area contributed by atoms with Gasteiger partial charge in [-0.15, -0.1) is 0 Å². The predicted molar refractivity (Wildman–Crippen MR) is 125 cm³/mol. The molecule has 0 saturated carbocycles. The Morgan fingerprint density at radius 1 is 0.828 bits per heavy atom. The van der Waals surface area contributed by atoms with E-state index in [1.165, 1.54) is 22.8 Å². The molecule has 0 atom stereocenters. The maximum absolute atomic E-state index is 14.5. The van der Waals surface area contributed by atoms with Gasteiger partial charge in [-0.2, -0.15) is 11.8 Å². The Morgan fingerprint density at radius 2 is 1.52 bits per heavy atom. The van der Waals surface area contributed by atoms with Crippen LogP contribution in [0.4, 0.5) is 10.1 Å². The lowest BCUT2D eigenvalue weighted by Crippen LogP contribution is -2.32. The first-order chi connectivity index (χ1) is 14.0. The molecular weight excluding hydrogens is 377 g/mol. The van der Waals surface area contributed by atoms with E-state index in [1.807, 2.05) is 36.0 Å². The molecule has 3 aromatic carbocycles. The summed E-state index contributed by atoms with van der Waals surface area (Å²) in [6.07, 6.45) is 3.39. The lowest BCUT2D eigenvalue weighted by Gasteiger charge is -2.34. The molecule has 1 aliphatic rings. The smallest absolute Gasteiger partial charge is 0.131 e. The molecule has 0 spiro atoms. The van der Waals surface area contributed by atoms with Crippen LogP contribution < -0.4 is 5.32 Å². The van der Waals surface area contributed by atoms with Gasteiger partial charge < -0.3 is 5.32 Å². The van der Waals surface area contributed by atoms with Crippen molar-refractivity contribution in [1.82, 2.24) is 0 Å². The minimum atomic E-state index is -0.186. The molecule has 0 amide bonds. The molecule has 1 nitrogen and oxygen atoms in total. The fraction of sp³-hybridized carbons (Fsp3) is 0.231. The standard InChI is InChI=1S/C26H26FNS/c1-26(2)17-20(18-29-16-15-19-9-4-3-5-10-19)21-12-8-13-23(25(21)28-26)22-11-6-7-14-24(22)27/h3-14,17,28H,15-16,18H2,1-2H3. The van der Waals surface area contributed by atoms with Crippen molar-refractivity contribution in [2.45, 2.75) is 25.8 Å². The molecule has 148 valence electrons. The van der Waals surface area contributed by atoms with Gasteiger partial charge in [0.25, 0.3) is 0 Å². The van der Waals surface area contributed by atoms with Gasteiger partial charge in [0.1, 0.15) is 5.82 Å². The molecule has 1 heterocycles. The van der Waals surface area contributed by atoms with Crippen LogP contribution in [0.1, 0.15) is 25.0 Å². The molecule has 29 heavy (non-hydrogen) atoms. The molecule has 4 rings (SSSR count). The highest BCUT2D eigenvalue weighted by Gasteiger charge is 2.26. The van der Waals surface area contributed by atoms with Crippen molar-refractivity contribution in [1.29, 1.82) is 0 Å². The Hall–Kier alpha value is -2.52. The first-order valence-electron chi connectivity index (χ1n) is 10.0. The first kappa shape index (κ1) is 19.8.